The highest BCUT2D eigenvalue weighted by Crippen LogP contribution is 2.42. The number of aliphatic hydroxyl groups excluding tert-OH is 2. The van der Waals surface area contributed by atoms with Gasteiger partial charge in [-0.1, -0.05) is 5.16 Å². The average molecular weight is 169 g/mol. The van der Waals surface area contributed by atoms with Gasteiger partial charge in [0.1, 0.15) is 11.9 Å². The number of aliphatic hydroxyl groups is 2. The zero-order valence-corrected chi connectivity index (χ0v) is 6.60. The Hall–Kier alpha value is -0.870. The SMILES string of the molecule is OCC(O)c1cnoc1C1CC1. The Morgan fingerprint density at radius 2 is 2.42 bits per heavy atom. The third-order valence-electron chi connectivity index (χ3n) is 2.11. The van der Waals surface area contributed by atoms with E-state index in [0.717, 1.165) is 18.6 Å². The first kappa shape index (κ1) is 7.76. The van der Waals surface area contributed by atoms with Crippen LogP contribution < -0.4 is 0 Å². The van der Waals surface area contributed by atoms with E-state index in [1.165, 1.54) is 6.20 Å². The van der Waals surface area contributed by atoms with E-state index >= 15 is 0 Å². The van der Waals surface area contributed by atoms with Gasteiger partial charge in [0.2, 0.25) is 0 Å². The smallest absolute Gasteiger partial charge is 0.145 e. The molecule has 4 heteroatoms. The van der Waals surface area contributed by atoms with E-state index in [9.17, 15) is 5.11 Å². The van der Waals surface area contributed by atoms with E-state index in [0.29, 0.717) is 11.5 Å². The second-order valence-electron chi connectivity index (χ2n) is 3.12. The molecular formula is C8H11NO3. The molecule has 1 unspecified atom stereocenters. The molecule has 1 aromatic heterocycles. The Morgan fingerprint density at radius 1 is 1.67 bits per heavy atom. The van der Waals surface area contributed by atoms with Gasteiger partial charge >= 0.3 is 0 Å². The zero-order valence-electron chi connectivity index (χ0n) is 6.60. The van der Waals surface area contributed by atoms with Crippen molar-refractivity contribution in [3.8, 4) is 0 Å². The lowest BCUT2D eigenvalue weighted by Crippen LogP contribution is -2.03. The van der Waals surface area contributed by atoms with Crippen molar-refractivity contribution in [1.29, 1.82) is 0 Å². The lowest BCUT2D eigenvalue weighted by molar-refractivity contribution is 0.0940. The van der Waals surface area contributed by atoms with Crippen LogP contribution in [0.4, 0.5) is 0 Å². The highest BCUT2D eigenvalue weighted by molar-refractivity contribution is 5.23. The molecule has 1 saturated carbocycles. The number of rotatable bonds is 3. The molecule has 1 aromatic rings. The molecule has 0 bridgehead atoms. The van der Waals surface area contributed by atoms with Crippen LogP contribution in [-0.4, -0.2) is 22.0 Å². The Balaban J connectivity index is 2.23. The molecule has 1 fully saturated rings. The van der Waals surface area contributed by atoms with E-state index in [-0.39, 0.29) is 6.61 Å². The van der Waals surface area contributed by atoms with Crippen molar-refractivity contribution in [2.24, 2.45) is 0 Å². The molecule has 1 heterocycles. The molecule has 0 aliphatic heterocycles. The summed E-state index contributed by atoms with van der Waals surface area (Å²) in [5, 5.41) is 21.6. The first-order valence-corrected chi connectivity index (χ1v) is 4.06. The van der Waals surface area contributed by atoms with Crippen LogP contribution in [0.25, 0.3) is 0 Å². The molecule has 66 valence electrons. The minimum atomic E-state index is -0.841. The van der Waals surface area contributed by atoms with Crippen molar-refractivity contribution in [2.45, 2.75) is 24.9 Å². The van der Waals surface area contributed by atoms with Crippen LogP contribution in [-0.2, 0) is 0 Å². The standard InChI is InChI=1S/C8H11NO3/c10-4-7(11)6-3-9-12-8(6)5-1-2-5/h3,5,7,10-11H,1-2,4H2. The number of aromatic nitrogens is 1. The summed E-state index contributed by atoms with van der Waals surface area (Å²) >= 11 is 0. The Kier molecular flexibility index (Phi) is 1.86. The minimum Gasteiger partial charge on any atom is -0.393 e. The molecule has 0 amide bonds. The van der Waals surface area contributed by atoms with Crippen LogP contribution in [0.1, 0.15) is 36.2 Å². The summed E-state index contributed by atoms with van der Waals surface area (Å²) < 4.78 is 4.99. The molecule has 4 nitrogen and oxygen atoms in total. The number of hydrogen-bond donors (Lipinski definition) is 2. The Morgan fingerprint density at radius 3 is 3.00 bits per heavy atom. The maximum absolute atomic E-state index is 9.33. The molecule has 2 rings (SSSR count). The summed E-state index contributed by atoms with van der Waals surface area (Å²) in [5.41, 5.74) is 0.639. The van der Waals surface area contributed by atoms with Gasteiger partial charge in [0, 0.05) is 11.5 Å². The Bertz CT molecular complexity index is 267. The topological polar surface area (TPSA) is 66.5 Å². The maximum Gasteiger partial charge on any atom is 0.145 e. The first-order chi connectivity index (χ1) is 5.83. The van der Waals surface area contributed by atoms with Gasteiger partial charge in [0.05, 0.1) is 12.8 Å². The summed E-state index contributed by atoms with van der Waals surface area (Å²) in [4.78, 5) is 0. The third kappa shape index (κ3) is 1.23. The second-order valence-corrected chi connectivity index (χ2v) is 3.12. The summed E-state index contributed by atoms with van der Waals surface area (Å²) in [6, 6.07) is 0. The molecule has 0 radical (unpaired) electrons. The predicted molar refractivity (Wildman–Crippen MR) is 40.5 cm³/mol. The monoisotopic (exact) mass is 169 g/mol. The van der Waals surface area contributed by atoms with Crippen molar-refractivity contribution in [3.05, 3.63) is 17.5 Å². The highest BCUT2D eigenvalue weighted by atomic mass is 16.5. The van der Waals surface area contributed by atoms with Crippen molar-refractivity contribution >= 4 is 0 Å². The summed E-state index contributed by atoms with van der Waals surface area (Å²) in [6.45, 7) is -0.277. The van der Waals surface area contributed by atoms with Crippen LogP contribution in [0.2, 0.25) is 0 Å². The van der Waals surface area contributed by atoms with Gasteiger partial charge in [-0.3, -0.25) is 0 Å². The van der Waals surface area contributed by atoms with Crippen molar-refractivity contribution in [3.63, 3.8) is 0 Å². The molecule has 1 aliphatic rings. The molecule has 0 spiro atoms. The summed E-state index contributed by atoms with van der Waals surface area (Å²) in [6.07, 6.45) is 2.83. The van der Waals surface area contributed by atoms with E-state index < -0.39 is 6.10 Å². The lowest BCUT2D eigenvalue weighted by atomic mass is 10.1. The zero-order chi connectivity index (χ0) is 8.55. The molecule has 1 atom stereocenters. The van der Waals surface area contributed by atoms with Crippen LogP contribution in [0.5, 0.6) is 0 Å². The van der Waals surface area contributed by atoms with Gasteiger partial charge in [0.25, 0.3) is 0 Å². The van der Waals surface area contributed by atoms with Gasteiger partial charge in [-0.05, 0) is 12.8 Å². The van der Waals surface area contributed by atoms with Gasteiger partial charge in [-0.15, -0.1) is 0 Å². The molecule has 0 aromatic carbocycles. The summed E-state index contributed by atoms with van der Waals surface area (Å²) in [7, 11) is 0. The fraction of sp³-hybridized carbons (Fsp3) is 0.625. The molecule has 0 saturated heterocycles. The van der Waals surface area contributed by atoms with Gasteiger partial charge in [0.15, 0.2) is 0 Å². The second kappa shape index (κ2) is 2.88. The fourth-order valence-electron chi connectivity index (χ4n) is 1.26. The molecule has 12 heavy (non-hydrogen) atoms. The highest BCUT2D eigenvalue weighted by Gasteiger charge is 2.31. The van der Waals surface area contributed by atoms with Crippen LogP contribution in [0.3, 0.4) is 0 Å². The number of nitrogens with zero attached hydrogens (tertiary/aromatic N) is 1. The van der Waals surface area contributed by atoms with Crippen molar-refractivity contribution in [2.75, 3.05) is 6.61 Å². The van der Waals surface area contributed by atoms with E-state index in [2.05, 4.69) is 5.16 Å². The largest absolute Gasteiger partial charge is 0.393 e. The average Bonchev–Trinajstić information content (AvgIpc) is 2.83. The summed E-state index contributed by atoms with van der Waals surface area (Å²) in [5.74, 6) is 1.17. The van der Waals surface area contributed by atoms with Crippen molar-refractivity contribution in [1.82, 2.24) is 5.16 Å². The molecule has 2 N–H and O–H groups in total. The lowest BCUT2D eigenvalue weighted by Gasteiger charge is -2.04. The first-order valence-electron chi connectivity index (χ1n) is 4.06. The normalized spacial score (nSPS) is 19.5. The number of hydrogen-bond acceptors (Lipinski definition) is 4. The van der Waals surface area contributed by atoms with Crippen molar-refractivity contribution < 1.29 is 14.7 Å². The van der Waals surface area contributed by atoms with E-state index in [1.54, 1.807) is 0 Å². The van der Waals surface area contributed by atoms with Gasteiger partial charge < -0.3 is 14.7 Å². The fourth-order valence-corrected chi connectivity index (χ4v) is 1.26. The maximum atomic E-state index is 9.33. The van der Waals surface area contributed by atoms with Gasteiger partial charge in [-0.25, -0.2) is 0 Å². The predicted octanol–water partition coefficient (Wildman–Crippen LogP) is 0.578. The van der Waals surface area contributed by atoms with Crippen LogP contribution in [0.15, 0.2) is 10.7 Å². The van der Waals surface area contributed by atoms with Crippen LogP contribution >= 0.6 is 0 Å². The van der Waals surface area contributed by atoms with E-state index in [1.807, 2.05) is 0 Å². The molecular weight excluding hydrogens is 158 g/mol. The van der Waals surface area contributed by atoms with E-state index in [4.69, 9.17) is 9.63 Å². The molecule has 1 aliphatic carbocycles. The van der Waals surface area contributed by atoms with Gasteiger partial charge in [-0.2, -0.15) is 0 Å². The third-order valence-corrected chi connectivity index (χ3v) is 2.11. The Labute approximate surface area is 69.8 Å². The minimum absolute atomic E-state index is 0.277. The quantitative estimate of drug-likeness (QED) is 0.694. The van der Waals surface area contributed by atoms with Crippen LogP contribution in [0, 0.1) is 0 Å².